The summed E-state index contributed by atoms with van der Waals surface area (Å²) in [5.41, 5.74) is 13.2. The van der Waals surface area contributed by atoms with Gasteiger partial charge in [0.05, 0.1) is 0 Å². The topological polar surface area (TPSA) is 44.4 Å². The van der Waals surface area contributed by atoms with Crippen molar-refractivity contribution in [2.24, 2.45) is 7.05 Å². The molecule has 4 heterocycles. The molecule has 53 heavy (non-hydrogen) atoms. The Labute approximate surface area is 304 Å². The number of nitrogens with zero attached hydrogens (tertiary/aromatic N) is 1. The Morgan fingerprint density at radius 2 is 0.981 bits per heavy atom. The van der Waals surface area contributed by atoms with Crippen molar-refractivity contribution < 1.29 is 13.3 Å². The van der Waals surface area contributed by atoms with E-state index in [1.807, 2.05) is 54.6 Å². The lowest BCUT2D eigenvalue weighted by atomic mass is 9.90. The van der Waals surface area contributed by atoms with E-state index in [1.54, 1.807) is 0 Å². The molecule has 0 N–H and O–H groups in total. The van der Waals surface area contributed by atoms with Crippen LogP contribution in [-0.2, 0) is 13.5 Å². The number of aromatic nitrogens is 1. The first-order valence-electron chi connectivity index (χ1n) is 18.2. The summed E-state index contributed by atoms with van der Waals surface area (Å²) in [5, 5.41) is 8.42. The molecular formula is C49H33NO3. The summed E-state index contributed by atoms with van der Waals surface area (Å²) < 4.78 is 20.7. The number of rotatable bonds is 2. The van der Waals surface area contributed by atoms with E-state index in [0.717, 1.165) is 68.4 Å². The Balaban J connectivity index is 0.000000214. The minimum atomic E-state index is 0.923. The predicted octanol–water partition coefficient (Wildman–Crippen LogP) is 13.6. The second-order valence-corrected chi connectivity index (χ2v) is 14.0. The van der Waals surface area contributed by atoms with E-state index in [-0.39, 0.29) is 0 Å². The predicted molar refractivity (Wildman–Crippen MR) is 218 cm³/mol. The zero-order chi connectivity index (χ0) is 35.0. The van der Waals surface area contributed by atoms with Gasteiger partial charge >= 0.3 is 0 Å². The van der Waals surface area contributed by atoms with Crippen LogP contribution in [0.5, 0.6) is 0 Å². The van der Waals surface area contributed by atoms with Gasteiger partial charge in [-0.3, -0.25) is 0 Å². The maximum atomic E-state index is 6.42. The van der Waals surface area contributed by atoms with E-state index in [4.69, 9.17) is 13.3 Å². The van der Waals surface area contributed by atoms with Gasteiger partial charge in [-0.1, -0.05) is 109 Å². The van der Waals surface area contributed by atoms with Crippen LogP contribution in [0.2, 0.25) is 0 Å². The van der Waals surface area contributed by atoms with E-state index in [0.29, 0.717) is 0 Å². The standard InChI is InChI=1S/C37H25NO2.C12H8O/c1-38-32-18-16-22(24-10-6-12-28-26-8-2-4-14-34(26)39-36(24)28)20-30(32)31-21-23(17-19-33(31)38)25-11-7-13-29-27-9-3-5-15-35(27)40-37(25)29;1-3-7-11-9(5-1)10-6-2-4-8-12(10)13-11/h2-6,8-12,14-21H,7,13H2,1H3;1-8H. The normalized spacial score (nSPS) is 13.0. The van der Waals surface area contributed by atoms with Crippen LogP contribution >= 0.6 is 0 Å². The number of aryl methyl sites for hydroxylation is 2. The molecule has 7 aromatic carbocycles. The average Bonchev–Trinajstić information content (AvgIpc) is 3.97. The SMILES string of the molecule is Cn1c2ccc(C3=CCCc4c3oc3ccccc43)cc2c2cc(-c3cccc4c3oc3ccccc34)ccc21.c1ccc2c(c1)oc1ccccc12. The Kier molecular flexibility index (Phi) is 6.56. The van der Waals surface area contributed by atoms with Crippen LogP contribution in [0.3, 0.4) is 0 Å². The van der Waals surface area contributed by atoms with E-state index in [9.17, 15) is 0 Å². The lowest BCUT2D eigenvalue weighted by Crippen LogP contribution is -1.98. The molecular weight excluding hydrogens is 651 g/mol. The summed E-state index contributed by atoms with van der Waals surface area (Å²) in [6.45, 7) is 0. The zero-order valence-corrected chi connectivity index (χ0v) is 29.1. The molecule has 0 fully saturated rings. The fraction of sp³-hybridized carbons (Fsp3) is 0.0612. The van der Waals surface area contributed by atoms with Gasteiger partial charge in [-0.25, -0.2) is 0 Å². The summed E-state index contributed by atoms with van der Waals surface area (Å²) in [7, 11) is 2.15. The Hall–Kier alpha value is -6.78. The molecule has 4 aromatic heterocycles. The van der Waals surface area contributed by atoms with Crippen LogP contribution in [0, 0.1) is 0 Å². The maximum Gasteiger partial charge on any atom is 0.143 e. The first-order chi connectivity index (χ1) is 26.2. The number of hydrogen-bond acceptors (Lipinski definition) is 3. The van der Waals surface area contributed by atoms with E-state index >= 15 is 0 Å². The Bertz CT molecular complexity index is 3200. The fourth-order valence-corrected chi connectivity index (χ4v) is 8.47. The zero-order valence-electron chi connectivity index (χ0n) is 29.1. The molecule has 0 atom stereocenters. The third-order valence-electron chi connectivity index (χ3n) is 11.0. The number of benzene rings is 7. The van der Waals surface area contributed by atoms with Crippen molar-refractivity contribution in [3.05, 3.63) is 175 Å². The van der Waals surface area contributed by atoms with Crippen molar-refractivity contribution in [3.63, 3.8) is 0 Å². The molecule has 0 bridgehead atoms. The molecule has 0 aliphatic heterocycles. The second-order valence-electron chi connectivity index (χ2n) is 14.0. The van der Waals surface area contributed by atoms with Crippen LogP contribution in [-0.4, -0.2) is 4.57 Å². The molecule has 0 spiro atoms. The highest BCUT2D eigenvalue weighted by Gasteiger charge is 2.23. The van der Waals surface area contributed by atoms with Gasteiger partial charge < -0.3 is 17.8 Å². The summed E-state index contributed by atoms with van der Waals surface area (Å²) in [5.74, 6) is 1.02. The van der Waals surface area contributed by atoms with E-state index < -0.39 is 0 Å². The molecule has 4 nitrogen and oxygen atoms in total. The minimum absolute atomic E-state index is 0.923. The average molecular weight is 684 g/mol. The van der Waals surface area contributed by atoms with Crippen LogP contribution in [0.25, 0.3) is 93.4 Å². The van der Waals surface area contributed by atoms with Gasteiger partial charge in [-0.05, 0) is 72.5 Å². The van der Waals surface area contributed by atoms with E-state index in [1.165, 1.54) is 54.7 Å². The Morgan fingerprint density at radius 1 is 0.453 bits per heavy atom. The molecule has 4 heteroatoms. The van der Waals surface area contributed by atoms with Crippen molar-refractivity contribution in [2.45, 2.75) is 12.8 Å². The first kappa shape index (κ1) is 29.9. The monoisotopic (exact) mass is 683 g/mol. The van der Waals surface area contributed by atoms with Crippen molar-refractivity contribution in [3.8, 4) is 11.1 Å². The van der Waals surface area contributed by atoms with Gasteiger partial charge in [0, 0.05) is 72.5 Å². The van der Waals surface area contributed by atoms with Gasteiger partial charge in [-0.2, -0.15) is 0 Å². The number of fused-ring (bicyclic) bond motifs is 12. The highest BCUT2D eigenvalue weighted by atomic mass is 16.3. The summed E-state index contributed by atoms with van der Waals surface area (Å²) in [6.07, 6.45) is 4.37. The van der Waals surface area contributed by atoms with Crippen LogP contribution in [0.4, 0.5) is 0 Å². The fourth-order valence-electron chi connectivity index (χ4n) is 8.47. The summed E-state index contributed by atoms with van der Waals surface area (Å²) >= 11 is 0. The molecule has 1 aliphatic carbocycles. The molecule has 0 radical (unpaired) electrons. The third kappa shape index (κ3) is 4.62. The summed E-state index contributed by atoms with van der Waals surface area (Å²) in [4.78, 5) is 0. The van der Waals surface area contributed by atoms with Crippen LogP contribution in [0.15, 0.2) is 171 Å². The molecule has 0 saturated carbocycles. The number of allylic oxidation sites excluding steroid dienone is 1. The van der Waals surface area contributed by atoms with Gasteiger partial charge in [0.15, 0.2) is 0 Å². The lowest BCUT2D eigenvalue weighted by molar-refractivity contribution is 0.591. The minimum Gasteiger partial charge on any atom is -0.456 e. The van der Waals surface area contributed by atoms with Crippen molar-refractivity contribution in [2.75, 3.05) is 0 Å². The smallest absolute Gasteiger partial charge is 0.143 e. The molecule has 12 rings (SSSR count). The number of hydrogen-bond donors (Lipinski definition) is 0. The number of furan rings is 3. The van der Waals surface area contributed by atoms with Gasteiger partial charge in [0.1, 0.15) is 33.7 Å². The Morgan fingerprint density at radius 3 is 1.66 bits per heavy atom. The second kappa shape index (κ2) is 11.6. The molecule has 1 aliphatic rings. The quantitative estimate of drug-likeness (QED) is 0.182. The van der Waals surface area contributed by atoms with E-state index in [2.05, 4.69) is 115 Å². The molecule has 11 aromatic rings. The first-order valence-corrected chi connectivity index (χ1v) is 18.2. The maximum absolute atomic E-state index is 6.42. The lowest BCUT2D eigenvalue weighted by Gasteiger charge is -2.13. The highest BCUT2D eigenvalue weighted by Crippen LogP contribution is 2.42. The van der Waals surface area contributed by atoms with Crippen molar-refractivity contribution >= 4 is 82.2 Å². The van der Waals surface area contributed by atoms with Crippen molar-refractivity contribution in [1.29, 1.82) is 0 Å². The largest absolute Gasteiger partial charge is 0.456 e. The molecule has 0 unspecified atom stereocenters. The summed E-state index contributed by atoms with van der Waals surface area (Å²) in [6, 6.07) is 52.9. The number of para-hydroxylation sites is 5. The van der Waals surface area contributed by atoms with Crippen molar-refractivity contribution in [1.82, 2.24) is 4.57 Å². The molecule has 0 saturated heterocycles. The van der Waals surface area contributed by atoms with Gasteiger partial charge in [0.2, 0.25) is 0 Å². The highest BCUT2D eigenvalue weighted by molar-refractivity contribution is 6.13. The van der Waals surface area contributed by atoms with Gasteiger partial charge in [0.25, 0.3) is 0 Å². The van der Waals surface area contributed by atoms with Crippen LogP contribution in [0.1, 0.15) is 23.3 Å². The molecule has 252 valence electrons. The van der Waals surface area contributed by atoms with Gasteiger partial charge in [-0.15, -0.1) is 0 Å². The molecule has 0 amide bonds. The third-order valence-corrected chi connectivity index (χ3v) is 11.0. The van der Waals surface area contributed by atoms with Crippen LogP contribution < -0.4 is 0 Å².